The Hall–Kier alpha value is -2.41. The summed E-state index contributed by atoms with van der Waals surface area (Å²) in [5, 5.41) is 7.21. The number of hydroxylamine groups is 1. The fourth-order valence-electron chi connectivity index (χ4n) is 1.37. The first-order valence-corrected chi connectivity index (χ1v) is 5.82. The largest absolute Gasteiger partial charge is 0.379 e. The lowest BCUT2D eigenvalue weighted by Gasteiger charge is -2.06. The number of aliphatic imine (C=N–C) groups is 1. The molecule has 0 bridgehead atoms. The molecule has 0 atom stereocenters. The van der Waals surface area contributed by atoms with Gasteiger partial charge in [-0.1, -0.05) is 17.7 Å². The molecule has 1 aromatic carbocycles. The number of hydrogen-bond donors (Lipinski definition) is 2. The molecule has 0 aliphatic carbocycles. The number of aromatic nitrogens is 2. The van der Waals surface area contributed by atoms with Gasteiger partial charge < -0.3 is 5.73 Å². The highest BCUT2D eigenvalue weighted by atomic mass is 16.6. The number of amidine groups is 1. The van der Waals surface area contributed by atoms with Crippen LogP contribution < -0.4 is 11.2 Å². The van der Waals surface area contributed by atoms with Crippen molar-refractivity contribution in [2.45, 2.75) is 13.8 Å². The number of aryl methyl sites for hydroxylation is 1. The van der Waals surface area contributed by atoms with Gasteiger partial charge in [0.15, 0.2) is 17.3 Å². The fraction of sp³-hybridized carbons (Fsp3) is 0.250. The molecule has 0 spiro atoms. The summed E-state index contributed by atoms with van der Waals surface area (Å²) in [6.45, 7) is 4.32. The topological polar surface area (TPSA) is 98.6 Å². The first-order chi connectivity index (χ1) is 9.20. The molecule has 19 heavy (non-hydrogen) atoms. The maximum absolute atomic E-state index is 5.65. The molecule has 0 saturated carbocycles. The SMILES string of the molecule is CCONC(=Nc1ccc(C)cc1)c1nonc1N. The first kappa shape index (κ1) is 13.0. The van der Waals surface area contributed by atoms with Crippen molar-refractivity contribution < 1.29 is 9.47 Å². The molecule has 2 rings (SSSR count). The Morgan fingerprint density at radius 1 is 1.37 bits per heavy atom. The van der Waals surface area contributed by atoms with Crippen LogP contribution in [0.1, 0.15) is 18.2 Å². The molecule has 3 N–H and O–H groups in total. The van der Waals surface area contributed by atoms with Crippen molar-refractivity contribution in [1.29, 1.82) is 0 Å². The fourth-order valence-corrected chi connectivity index (χ4v) is 1.37. The molecular formula is C12H15N5O2. The van der Waals surface area contributed by atoms with E-state index in [1.165, 1.54) is 0 Å². The molecule has 0 aliphatic rings. The van der Waals surface area contributed by atoms with E-state index >= 15 is 0 Å². The number of rotatable bonds is 4. The second kappa shape index (κ2) is 5.96. The van der Waals surface area contributed by atoms with E-state index in [2.05, 4.69) is 25.4 Å². The highest BCUT2D eigenvalue weighted by molar-refractivity contribution is 6.01. The van der Waals surface area contributed by atoms with Crippen molar-refractivity contribution in [3.8, 4) is 0 Å². The third-order valence-electron chi connectivity index (χ3n) is 2.33. The molecule has 2 aromatic rings. The molecule has 0 radical (unpaired) electrons. The van der Waals surface area contributed by atoms with Gasteiger partial charge in [-0.3, -0.25) is 4.84 Å². The average Bonchev–Trinajstić information content (AvgIpc) is 2.83. The Morgan fingerprint density at radius 2 is 2.11 bits per heavy atom. The minimum Gasteiger partial charge on any atom is -0.379 e. The maximum Gasteiger partial charge on any atom is 0.199 e. The average molecular weight is 261 g/mol. The molecule has 0 amide bonds. The van der Waals surface area contributed by atoms with Gasteiger partial charge in [-0.25, -0.2) is 15.1 Å². The van der Waals surface area contributed by atoms with E-state index in [9.17, 15) is 0 Å². The van der Waals surface area contributed by atoms with Crippen molar-refractivity contribution in [1.82, 2.24) is 15.8 Å². The summed E-state index contributed by atoms with van der Waals surface area (Å²) in [5.41, 5.74) is 10.5. The summed E-state index contributed by atoms with van der Waals surface area (Å²) in [4.78, 5) is 9.50. The van der Waals surface area contributed by atoms with Crippen LogP contribution in [0.3, 0.4) is 0 Å². The van der Waals surface area contributed by atoms with Crippen molar-refractivity contribution in [3.05, 3.63) is 35.5 Å². The van der Waals surface area contributed by atoms with E-state index in [-0.39, 0.29) is 5.82 Å². The number of anilines is 1. The van der Waals surface area contributed by atoms with E-state index in [0.717, 1.165) is 11.3 Å². The first-order valence-electron chi connectivity index (χ1n) is 5.82. The van der Waals surface area contributed by atoms with Gasteiger partial charge in [0.05, 0.1) is 12.3 Å². The molecular weight excluding hydrogens is 246 g/mol. The Morgan fingerprint density at radius 3 is 2.68 bits per heavy atom. The molecule has 7 heteroatoms. The van der Waals surface area contributed by atoms with Gasteiger partial charge in [-0.05, 0) is 36.3 Å². The molecule has 0 saturated heterocycles. The number of nitrogens with two attached hydrogens (primary N) is 1. The molecule has 0 unspecified atom stereocenters. The van der Waals surface area contributed by atoms with E-state index in [0.29, 0.717) is 18.1 Å². The van der Waals surface area contributed by atoms with E-state index in [4.69, 9.17) is 10.6 Å². The Bertz CT molecular complexity index is 562. The van der Waals surface area contributed by atoms with Crippen molar-refractivity contribution in [2.75, 3.05) is 12.3 Å². The summed E-state index contributed by atoms with van der Waals surface area (Å²) in [7, 11) is 0. The Kier molecular flexibility index (Phi) is 4.09. The number of benzene rings is 1. The summed E-state index contributed by atoms with van der Waals surface area (Å²) in [6, 6.07) is 7.68. The summed E-state index contributed by atoms with van der Waals surface area (Å²) >= 11 is 0. The monoisotopic (exact) mass is 261 g/mol. The Labute approximate surface area is 110 Å². The van der Waals surface area contributed by atoms with Crippen LogP contribution in [0.5, 0.6) is 0 Å². The number of nitrogen functional groups attached to an aromatic ring is 1. The molecule has 100 valence electrons. The highest BCUT2D eigenvalue weighted by Crippen LogP contribution is 2.15. The van der Waals surface area contributed by atoms with Gasteiger partial charge in [0.2, 0.25) is 0 Å². The third-order valence-corrected chi connectivity index (χ3v) is 2.33. The van der Waals surface area contributed by atoms with Crippen molar-refractivity contribution in [3.63, 3.8) is 0 Å². The van der Waals surface area contributed by atoms with Crippen molar-refractivity contribution >= 4 is 17.3 Å². The number of nitrogens with zero attached hydrogens (tertiary/aromatic N) is 3. The van der Waals surface area contributed by atoms with Crippen LogP contribution in [0.2, 0.25) is 0 Å². The molecule has 0 aliphatic heterocycles. The maximum atomic E-state index is 5.65. The molecule has 1 aromatic heterocycles. The molecule has 1 heterocycles. The zero-order valence-corrected chi connectivity index (χ0v) is 10.8. The number of nitrogens with one attached hydrogen (secondary N) is 1. The van der Waals surface area contributed by atoms with Crippen LogP contribution >= 0.6 is 0 Å². The quantitative estimate of drug-likeness (QED) is 0.492. The number of hydrogen-bond acceptors (Lipinski definition) is 6. The smallest absolute Gasteiger partial charge is 0.199 e. The van der Waals surface area contributed by atoms with Crippen LogP contribution in [-0.4, -0.2) is 22.8 Å². The lowest BCUT2D eigenvalue weighted by Crippen LogP contribution is -2.25. The third kappa shape index (κ3) is 3.29. The van der Waals surface area contributed by atoms with Crippen LogP contribution in [0, 0.1) is 6.92 Å². The van der Waals surface area contributed by atoms with E-state index in [1.807, 2.05) is 38.1 Å². The highest BCUT2D eigenvalue weighted by Gasteiger charge is 2.14. The van der Waals surface area contributed by atoms with E-state index < -0.39 is 0 Å². The minimum absolute atomic E-state index is 0.151. The van der Waals surface area contributed by atoms with Crippen LogP contribution in [0.25, 0.3) is 0 Å². The zero-order valence-electron chi connectivity index (χ0n) is 10.8. The van der Waals surface area contributed by atoms with Crippen LogP contribution in [0.15, 0.2) is 33.9 Å². The zero-order chi connectivity index (χ0) is 13.7. The molecule has 7 nitrogen and oxygen atoms in total. The van der Waals surface area contributed by atoms with Crippen LogP contribution in [0.4, 0.5) is 11.5 Å². The van der Waals surface area contributed by atoms with Gasteiger partial charge >= 0.3 is 0 Å². The van der Waals surface area contributed by atoms with Gasteiger partial charge in [-0.2, -0.15) is 0 Å². The van der Waals surface area contributed by atoms with Gasteiger partial charge in [0, 0.05) is 0 Å². The summed E-state index contributed by atoms with van der Waals surface area (Å²) in [5.74, 6) is 0.502. The van der Waals surface area contributed by atoms with E-state index in [1.54, 1.807) is 0 Å². The normalized spacial score (nSPS) is 11.6. The second-order valence-electron chi connectivity index (χ2n) is 3.83. The summed E-state index contributed by atoms with van der Waals surface area (Å²) in [6.07, 6.45) is 0. The summed E-state index contributed by atoms with van der Waals surface area (Å²) < 4.78 is 4.56. The standard InChI is InChI=1S/C12H15N5O2/c1-3-18-17-12(10-11(13)16-19-15-10)14-9-6-4-8(2)5-7-9/h4-7H,3H2,1-2H3,(H2,13,16)(H,14,17). The second-order valence-corrected chi connectivity index (χ2v) is 3.83. The predicted molar refractivity (Wildman–Crippen MR) is 70.8 cm³/mol. The lowest BCUT2D eigenvalue weighted by atomic mass is 10.2. The van der Waals surface area contributed by atoms with Crippen LogP contribution in [-0.2, 0) is 4.84 Å². The molecule has 0 fully saturated rings. The lowest BCUT2D eigenvalue weighted by molar-refractivity contribution is 0.0970. The van der Waals surface area contributed by atoms with Gasteiger partial charge in [-0.15, -0.1) is 0 Å². The Balaban J connectivity index is 2.32. The van der Waals surface area contributed by atoms with Crippen molar-refractivity contribution in [2.24, 2.45) is 4.99 Å². The van der Waals surface area contributed by atoms with Gasteiger partial charge in [0.1, 0.15) is 0 Å². The minimum atomic E-state index is 0.151. The van der Waals surface area contributed by atoms with Gasteiger partial charge in [0.25, 0.3) is 0 Å². The predicted octanol–water partition coefficient (Wildman–Crippen LogP) is 1.58.